The van der Waals surface area contributed by atoms with Crippen molar-refractivity contribution in [2.24, 2.45) is 11.7 Å². The first kappa shape index (κ1) is 11.0. The number of likely N-dealkylation sites (tertiary alicyclic amines) is 1. The van der Waals surface area contributed by atoms with Crippen molar-refractivity contribution < 1.29 is 4.74 Å². The molecular formula is C13H24N2O. The summed E-state index contributed by atoms with van der Waals surface area (Å²) in [6.07, 6.45) is 8.15. The molecule has 3 aliphatic rings. The summed E-state index contributed by atoms with van der Waals surface area (Å²) in [5.74, 6) is 0.961. The summed E-state index contributed by atoms with van der Waals surface area (Å²) < 4.78 is 5.62. The van der Waals surface area contributed by atoms with Gasteiger partial charge in [0.15, 0.2) is 0 Å². The highest BCUT2D eigenvalue weighted by Gasteiger charge is 2.41. The van der Waals surface area contributed by atoms with Gasteiger partial charge in [-0.1, -0.05) is 12.8 Å². The molecule has 0 spiro atoms. The van der Waals surface area contributed by atoms with Crippen LogP contribution in [0.3, 0.4) is 0 Å². The first-order valence-corrected chi connectivity index (χ1v) is 6.95. The molecule has 0 bridgehead atoms. The van der Waals surface area contributed by atoms with Gasteiger partial charge in [0.1, 0.15) is 0 Å². The van der Waals surface area contributed by atoms with Gasteiger partial charge in [-0.3, -0.25) is 4.90 Å². The second kappa shape index (κ2) is 4.63. The molecule has 0 aromatic heterocycles. The van der Waals surface area contributed by atoms with E-state index in [0.29, 0.717) is 12.1 Å². The predicted octanol–water partition coefficient (Wildman–Crippen LogP) is 1.37. The van der Waals surface area contributed by atoms with Crippen molar-refractivity contribution in [1.29, 1.82) is 0 Å². The number of nitrogens with two attached hydrogens (primary N) is 1. The number of nitrogens with zero attached hydrogens (tertiary/aromatic N) is 1. The highest BCUT2D eigenvalue weighted by atomic mass is 16.5. The van der Waals surface area contributed by atoms with Crippen molar-refractivity contribution in [3.63, 3.8) is 0 Å². The van der Waals surface area contributed by atoms with E-state index >= 15 is 0 Å². The van der Waals surface area contributed by atoms with Crippen LogP contribution in [0.25, 0.3) is 0 Å². The first-order valence-electron chi connectivity index (χ1n) is 6.95. The fraction of sp³-hybridized carbons (Fsp3) is 1.00. The van der Waals surface area contributed by atoms with Gasteiger partial charge in [-0.25, -0.2) is 0 Å². The molecule has 4 unspecified atom stereocenters. The maximum atomic E-state index is 6.26. The van der Waals surface area contributed by atoms with Crippen molar-refractivity contribution >= 4 is 0 Å². The average molecular weight is 224 g/mol. The fourth-order valence-electron chi connectivity index (χ4n) is 3.94. The molecule has 0 radical (unpaired) electrons. The number of hydrogen-bond acceptors (Lipinski definition) is 3. The molecule has 3 fully saturated rings. The summed E-state index contributed by atoms with van der Waals surface area (Å²) in [4.78, 5) is 2.69. The predicted molar refractivity (Wildman–Crippen MR) is 64.3 cm³/mol. The van der Waals surface area contributed by atoms with Crippen LogP contribution in [0, 0.1) is 5.92 Å². The lowest BCUT2D eigenvalue weighted by Gasteiger charge is -2.41. The maximum Gasteiger partial charge on any atom is 0.0637 e. The molecule has 2 N–H and O–H groups in total. The lowest BCUT2D eigenvalue weighted by atomic mass is 9.84. The van der Waals surface area contributed by atoms with E-state index in [9.17, 15) is 0 Å². The summed E-state index contributed by atoms with van der Waals surface area (Å²) in [6, 6.07) is 1.67. The summed E-state index contributed by atoms with van der Waals surface area (Å²) in [7, 11) is 0. The Morgan fingerprint density at radius 2 is 1.88 bits per heavy atom. The van der Waals surface area contributed by atoms with E-state index in [1.54, 1.807) is 0 Å². The average Bonchev–Trinajstić information content (AvgIpc) is 2.74. The minimum atomic E-state index is 0.342. The van der Waals surface area contributed by atoms with Gasteiger partial charge in [0, 0.05) is 24.7 Å². The van der Waals surface area contributed by atoms with Crippen LogP contribution in [0.1, 0.15) is 38.5 Å². The van der Waals surface area contributed by atoms with E-state index in [4.69, 9.17) is 10.5 Å². The smallest absolute Gasteiger partial charge is 0.0637 e. The minimum absolute atomic E-state index is 0.342. The van der Waals surface area contributed by atoms with Gasteiger partial charge < -0.3 is 10.5 Å². The third kappa shape index (κ3) is 1.89. The van der Waals surface area contributed by atoms with Crippen LogP contribution >= 0.6 is 0 Å². The van der Waals surface area contributed by atoms with Crippen molar-refractivity contribution in [3.05, 3.63) is 0 Å². The van der Waals surface area contributed by atoms with Gasteiger partial charge in [-0.15, -0.1) is 0 Å². The first-order chi connectivity index (χ1) is 7.86. The Hall–Kier alpha value is -0.120. The van der Waals surface area contributed by atoms with Crippen LogP contribution in [-0.2, 0) is 4.74 Å². The van der Waals surface area contributed by atoms with Crippen LogP contribution in [0.5, 0.6) is 0 Å². The molecular weight excluding hydrogens is 200 g/mol. The van der Waals surface area contributed by atoms with E-state index in [2.05, 4.69) is 4.90 Å². The molecule has 3 heteroatoms. The van der Waals surface area contributed by atoms with Gasteiger partial charge in [0.25, 0.3) is 0 Å². The molecule has 92 valence electrons. The van der Waals surface area contributed by atoms with Gasteiger partial charge in [-0.2, -0.15) is 0 Å². The lowest BCUT2D eigenvalue weighted by Crippen LogP contribution is -2.55. The molecule has 16 heavy (non-hydrogen) atoms. The Morgan fingerprint density at radius 3 is 2.75 bits per heavy atom. The Bertz CT molecular complexity index is 246. The summed E-state index contributed by atoms with van der Waals surface area (Å²) in [5, 5.41) is 0. The molecule has 1 saturated carbocycles. The lowest BCUT2D eigenvalue weighted by molar-refractivity contribution is -0.00684. The van der Waals surface area contributed by atoms with Crippen LogP contribution < -0.4 is 5.73 Å². The Morgan fingerprint density at radius 1 is 1.00 bits per heavy atom. The van der Waals surface area contributed by atoms with Crippen molar-refractivity contribution in [2.75, 3.05) is 19.8 Å². The highest BCUT2D eigenvalue weighted by molar-refractivity contribution is 4.96. The van der Waals surface area contributed by atoms with E-state index in [0.717, 1.165) is 31.6 Å². The second-order valence-corrected chi connectivity index (χ2v) is 5.73. The molecule has 1 aliphatic carbocycles. The Balaban J connectivity index is 1.69. The number of ether oxygens (including phenoxy) is 1. The van der Waals surface area contributed by atoms with E-state index in [1.165, 1.54) is 38.6 Å². The minimum Gasteiger partial charge on any atom is -0.380 e. The zero-order valence-electron chi connectivity index (χ0n) is 10.1. The SMILES string of the molecule is NC1CCOCC1N1CCC2CCCCC21. The number of hydrogen-bond donors (Lipinski definition) is 1. The molecule has 0 amide bonds. The van der Waals surface area contributed by atoms with Crippen molar-refractivity contribution in [3.8, 4) is 0 Å². The molecule has 3 rings (SSSR count). The molecule has 2 saturated heterocycles. The number of fused-ring (bicyclic) bond motifs is 1. The summed E-state index contributed by atoms with van der Waals surface area (Å²) in [6.45, 7) is 2.99. The molecule has 2 heterocycles. The molecule has 0 aromatic carbocycles. The zero-order chi connectivity index (χ0) is 11.0. The van der Waals surface area contributed by atoms with Crippen LogP contribution in [0.4, 0.5) is 0 Å². The topological polar surface area (TPSA) is 38.5 Å². The normalized spacial score (nSPS) is 45.6. The van der Waals surface area contributed by atoms with Gasteiger partial charge in [-0.05, 0) is 38.1 Å². The Kier molecular flexibility index (Phi) is 3.18. The monoisotopic (exact) mass is 224 g/mol. The summed E-state index contributed by atoms with van der Waals surface area (Å²) in [5.41, 5.74) is 6.26. The van der Waals surface area contributed by atoms with Gasteiger partial charge >= 0.3 is 0 Å². The van der Waals surface area contributed by atoms with E-state index in [1.807, 2.05) is 0 Å². The largest absolute Gasteiger partial charge is 0.380 e. The van der Waals surface area contributed by atoms with Crippen molar-refractivity contribution in [2.45, 2.75) is 56.7 Å². The zero-order valence-corrected chi connectivity index (χ0v) is 10.1. The van der Waals surface area contributed by atoms with Crippen LogP contribution in [0.2, 0.25) is 0 Å². The highest BCUT2D eigenvalue weighted by Crippen LogP contribution is 2.38. The fourth-order valence-corrected chi connectivity index (χ4v) is 3.94. The second-order valence-electron chi connectivity index (χ2n) is 5.73. The van der Waals surface area contributed by atoms with Crippen LogP contribution in [-0.4, -0.2) is 42.8 Å². The van der Waals surface area contributed by atoms with Gasteiger partial charge in [0.05, 0.1) is 6.61 Å². The third-order valence-corrected chi connectivity index (χ3v) is 4.86. The summed E-state index contributed by atoms with van der Waals surface area (Å²) >= 11 is 0. The third-order valence-electron chi connectivity index (χ3n) is 4.86. The number of rotatable bonds is 1. The van der Waals surface area contributed by atoms with Crippen LogP contribution in [0.15, 0.2) is 0 Å². The van der Waals surface area contributed by atoms with Gasteiger partial charge in [0.2, 0.25) is 0 Å². The maximum absolute atomic E-state index is 6.26. The van der Waals surface area contributed by atoms with E-state index < -0.39 is 0 Å². The Labute approximate surface area is 98.3 Å². The van der Waals surface area contributed by atoms with Crippen molar-refractivity contribution in [1.82, 2.24) is 4.90 Å². The standard InChI is InChI=1S/C13H24N2O/c14-11-6-8-16-9-13(11)15-7-5-10-3-1-2-4-12(10)15/h10-13H,1-9,14H2. The van der Waals surface area contributed by atoms with E-state index in [-0.39, 0.29) is 0 Å². The molecule has 3 nitrogen and oxygen atoms in total. The molecule has 2 aliphatic heterocycles. The molecule has 4 atom stereocenters. The molecule has 0 aromatic rings. The quantitative estimate of drug-likeness (QED) is 0.731.